The van der Waals surface area contributed by atoms with Crippen LogP contribution in [-0.4, -0.2) is 214 Å². The fourth-order valence-electron chi connectivity index (χ4n) is 8.64. The Balaban J connectivity index is 0.000000218. The number of likely N-dealkylation sites (tertiary alicyclic amines) is 2. The van der Waals surface area contributed by atoms with Crippen molar-refractivity contribution in [3.63, 3.8) is 0 Å². The van der Waals surface area contributed by atoms with Crippen LogP contribution in [0.2, 0.25) is 0 Å². The van der Waals surface area contributed by atoms with Gasteiger partial charge in [0.1, 0.15) is 48.4 Å². The molecule has 0 aliphatic carbocycles. The number of nitrogens with zero attached hydrogens (tertiary/aromatic N) is 10. The first-order chi connectivity index (χ1) is 34.5. The Morgan fingerprint density at radius 2 is 1.07 bits per heavy atom. The zero-order chi connectivity index (χ0) is 53.4. The summed E-state index contributed by atoms with van der Waals surface area (Å²) in [6.07, 6.45) is 12.4. The highest BCUT2D eigenvalue weighted by Gasteiger charge is 2.55. The average molecular weight is 1110 g/mol. The van der Waals surface area contributed by atoms with Gasteiger partial charge in [-0.15, -0.1) is 23.5 Å². The van der Waals surface area contributed by atoms with Gasteiger partial charge >= 0.3 is 11.9 Å². The number of anilines is 2. The smallest absolute Gasteiger partial charge is 0.352 e. The van der Waals surface area contributed by atoms with Crippen LogP contribution >= 0.6 is 46.6 Å². The minimum absolute atomic E-state index is 0.0188. The number of thioether (sulfide) groups is 2. The Labute approximate surface area is 434 Å². The molecule has 396 valence electrons. The van der Waals surface area contributed by atoms with Crippen LogP contribution in [-0.2, 0) is 48.8 Å². The molecule has 0 bridgehead atoms. The number of likely N-dealkylation sites (N-methyl/N-ethyl adjacent to an activating group) is 2. The molecule has 33 heteroatoms. The molecule has 2 unspecified atom stereocenters. The Hall–Kier alpha value is -6.07. The molecule has 0 saturated carbocycles. The summed E-state index contributed by atoms with van der Waals surface area (Å²) in [5, 5.41) is 31.4. The number of aromatic nitrogens is 4. The summed E-state index contributed by atoms with van der Waals surface area (Å²) < 4.78 is 43.9. The standard InChI is InChI=1S/2C20H25N7O5S2.H2O4S/c2*1-27(7-3-4-8-27)9-5-6-11-10-33-18-13(17(29)26(18)14(11)19(30)31)22-16(28)12(24-32-2)15-23-20(21)34-25-15;1-5(2,3)4/h2*5-6,13,18H,3-4,7-10H2,1-2H3,(H3-,21,22,23,25,28,30,31);(H2,1,2,3,4)/t2*13?,18-;/m00./s1. The summed E-state index contributed by atoms with van der Waals surface area (Å²) in [5.74, 6) is -4.01. The topological polar surface area (TPSA) is 400 Å². The number of hydrogen-bond acceptors (Lipinski definition) is 24. The van der Waals surface area contributed by atoms with Gasteiger partial charge in [-0.2, -0.15) is 18.7 Å². The molecule has 2 aromatic rings. The largest absolute Gasteiger partial charge is 0.759 e. The molecule has 2 aromatic heterocycles. The maximum Gasteiger partial charge on any atom is 0.352 e. The number of carboxylic acids is 2. The van der Waals surface area contributed by atoms with Crippen LogP contribution in [0.4, 0.5) is 10.3 Å². The Morgan fingerprint density at radius 1 is 0.726 bits per heavy atom. The number of aliphatic carboxylic acids is 2. The third kappa shape index (κ3) is 13.8. The predicted molar refractivity (Wildman–Crippen MR) is 264 cm³/mol. The first-order valence-electron chi connectivity index (χ1n) is 22.0. The van der Waals surface area contributed by atoms with Crippen LogP contribution in [0, 0.1) is 0 Å². The van der Waals surface area contributed by atoms with Crippen LogP contribution in [0.5, 0.6) is 0 Å². The van der Waals surface area contributed by atoms with Crippen molar-refractivity contribution in [3.05, 3.63) is 58.5 Å². The summed E-state index contributed by atoms with van der Waals surface area (Å²) >= 11 is 4.58. The first-order valence-corrected chi connectivity index (χ1v) is 27.0. The zero-order valence-electron chi connectivity index (χ0n) is 39.6. The number of amides is 4. The van der Waals surface area contributed by atoms with E-state index in [0.29, 0.717) is 22.7 Å². The van der Waals surface area contributed by atoms with Crippen molar-refractivity contribution in [1.29, 1.82) is 0 Å². The third-order valence-electron chi connectivity index (χ3n) is 12.1. The summed E-state index contributed by atoms with van der Waals surface area (Å²) in [6.45, 7) is 6.05. The van der Waals surface area contributed by atoms with Crippen molar-refractivity contribution >= 4 is 114 Å². The zero-order valence-corrected chi connectivity index (χ0v) is 43.6. The van der Waals surface area contributed by atoms with E-state index in [4.69, 9.17) is 38.7 Å². The highest BCUT2D eigenvalue weighted by atomic mass is 32.3. The average Bonchev–Trinajstić information content (AvgIpc) is 4.16. The lowest BCUT2D eigenvalue weighted by Crippen LogP contribution is -2.71. The maximum absolute atomic E-state index is 12.9. The number of carboxylic acid groups (broad SMARTS) is 2. The van der Waals surface area contributed by atoms with Gasteiger partial charge in [0, 0.05) is 70.7 Å². The number of hydrogen-bond donors (Lipinski definition) is 6. The Bertz CT molecular complexity index is 2600. The summed E-state index contributed by atoms with van der Waals surface area (Å²) in [6, 6.07) is -1.83. The van der Waals surface area contributed by atoms with Crippen molar-refractivity contribution < 1.29 is 75.1 Å². The van der Waals surface area contributed by atoms with Crippen molar-refractivity contribution in [3.8, 4) is 0 Å². The van der Waals surface area contributed by atoms with Gasteiger partial charge in [-0.1, -0.05) is 22.5 Å². The molecule has 28 nitrogen and oxygen atoms in total. The number of fused-ring (bicyclic) bond motifs is 2. The van der Waals surface area contributed by atoms with E-state index in [-0.39, 0.29) is 44.7 Å². The van der Waals surface area contributed by atoms with Crippen LogP contribution in [0.1, 0.15) is 37.3 Å². The number of β-lactam (4-membered cyclic amide) rings is 2. The van der Waals surface area contributed by atoms with E-state index in [1.54, 1.807) is 0 Å². The Kier molecular flexibility index (Phi) is 18.4. The van der Waals surface area contributed by atoms with Gasteiger partial charge in [0.05, 0.1) is 53.4 Å². The third-order valence-corrected chi connectivity index (χ3v) is 15.8. The maximum atomic E-state index is 12.9. The van der Waals surface area contributed by atoms with Crippen molar-refractivity contribution in [2.45, 2.75) is 48.5 Å². The van der Waals surface area contributed by atoms with E-state index in [2.05, 4.69) is 53.8 Å². The Morgan fingerprint density at radius 3 is 1.36 bits per heavy atom. The first kappa shape index (κ1) is 56.2. The second-order valence-corrected chi connectivity index (χ2v) is 22.0. The number of allylic oxidation sites excluding steroid dienone is 2. The summed E-state index contributed by atoms with van der Waals surface area (Å²) in [7, 11) is 1.75. The molecule has 4 amide bonds. The fourth-order valence-corrected chi connectivity index (χ4v) is 12.1. The van der Waals surface area contributed by atoms with Crippen molar-refractivity contribution in [2.75, 3.05) is 90.6 Å². The lowest BCUT2D eigenvalue weighted by molar-refractivity contribution is -0.891. The van der Waals surface area contributed by atoms with Gasteiger partial charge < -0.3 is 60.1 Å². The number of nitrogens with one attached hydrogen (secondary N) is 2. The second kappa shape index (κ2) is 23.9. The molecule has 0 radical (unpaired) electrons. The molecule has 6 aliphatic heterocycles. The number of oxime groups is 2. The van der Waals surface area contributed by atoms with Crippen molar-refractivity contribution in [1.82, 2.24) is 39.1 Å². The quantitative estimate of drug-likeness (QED) is 0.0283. The molecule has 8 rings (SSSR count). The number of carbonyl (C=O) groups is 6. The van der Waals surface area contributed by atoms with E-state index in [0.717, 1.165) is 71.3 Å². The van der Waals surface area contributed by atoms with Gasteiger partial charge in [-0.3, -0.25) is 37.4 Å². The molecule has 0 aromatic carbocycles. The van der Waals surface area contributed by atoms with Gasteiger partial charge in [-0.25, -0.2) is 9.59 Å². The number of rotatable bonds is 16. The van der Waals surface area contributed by atoms with Crippen molar-refractivity contribution in [2.24, 2.45) is 10.3 Å². The molecular formula is C40H52N14O14S5. The highest BCUT2D eigenvalue weighted by Crippen LogP contribution is 2.42. The molecule has 4 fully saturated rings. The molecule has 4 atom stereocenters. The van der Waals surface area contributed by atoms with E-state index >= 15 is 0 Å². The van der Waals surface area contributed by atoms with E-state index in [9.17, 15) is 39.0 Å². The van der Waals surface area contributed by atoms with Crippen LogP contribution in [0.3, 0.4) is 0 Å². The molecule has 6 aliphatic rings. The molecular weight excluding hydrogens is 1060 g/mol. The van der Waals surface area contributed by atoms with Crippen LogP contribution < -0.4 is 22.1 Å². The number of nitrogens with two attached hydrogens (primary N) is 2. The minimum Gasteiger partial charge on any atom is -0.759 e. The number of nitrogen functional groups attached to an aromatic ring is 2. The highest BCUT2D eigenvalue weighted by molar-refractivity contribution is 8.00. The molecule has 8 heterocycles. The summed E-state index contributed by atoms with van der Waals surface area (Å²) in [5.41, 5.74) is 11.8. The second-order valence-electron chi connectivity index (χ2n) is 17.4. The normalized spacial score (nSPS) is 23.4. The van der Waals surface area contributed by atoms with Gasteiger partial charge in [-0.05, 0) is 23.3 Å². The molecule has 8 N–H and O–H groups in total. The minimum atomic E-state index is -5.17. The SMILES string of the molecule is CON=C(C(=O)NC1C(=O)N2C(C(=O)O)=C(C=CC[N+]3(C)CCCC3)CS[C@@H]12)c1nsc(N)n1.CON=C(C(=O)NC1C(=O)N2C(C(=O)O)=C(C=CC[N+]3(C)CCCC3)CS[C@@H]12)c1nsc(N)n1.O=S(=O)([O-])[O-]. The molecule has 0 spiro atoms. The predicted octanol–water partition coefficient (Wildman–Crippen LogP) is -1.33. The van der Waals surface area contributed by atoms with Gasteiger partial charge in [0.25, 0.3) is 23.6 Å². The van der Waals surface area contributed by atoms with E-state index in [1.165, 1.54) is 73.2 Å². The molecule has 73 heavy (non-hydrogen) atoms. The molecule has 4 saturated heterocycles. The van der Waals surface area contributed by atoms with E-state index < -0.39 is 68.8 Å². The van der Waals surface area contributed by atoms with Gasteiger partial charge in [0.2, 0.25) is 23.1 Å². The fraction of sp³-hybridized carbons (Fsp3) is 0.500. The van der Waals surface area contributed by atoms with Crippen LogP contribution in [0.15, 0.2) is 57.2 Å². The van der Waals surface area contributed by atoms with Gasteiger partial charge in [0.15, 0.2) is 10.3 Å². The monoisotopic (exact) mass is 1110 g/mol. The van der Waals surface area contributed by atoms with E-state index in [1.807, 2.05) is 24.3 Å². The lowest BCUT2D eigenvalue weighted by atomic mass is 10.0. The number of quaternary nitrogens is 2. The lowest BCUT2D eigenvalue weighted by Gasteiger charge is -2.49. The summed E-state index contributed by atoms with van der Waals surface area (Å²) in [4.78, 5) is 95.2. The van der Waals surface area contributed by atoms with Crippen LogP contribution in [0.25, 0.3) is 0 Å². The number of carbonyl (C=O) groups excluding carboxylic acids is 4.